The Bertz CT molecular complexity index is 6030. The number of carbonyl (C=O) groups excluding carboxylic acids is 4. The molecule has 8 heterocycles. The zero-order valence-corrected chi connectivity index (χ0v) is 69.6. The third kappa shape index (κ3) is 23.4. The highest BCUT2D eigenvalue weighted by molar-refractivity contribution is 5.96. The van der Waals surface area contributed by atoms with E-state index in [1.807, 2.05) is 92.2 Å². The van der Waals surface area contributed by atoms with Crippen molar-refractivity contribution in [2.24, 2.45) is 41.4 Å². The summed E-state index contributed by atoms with van der Waals surface area (Å²) in [6, 6.07) is 61.6. The normalized spacial score (nSPS) is 17.6. The number of amides is 4. The van der Waals surface area contributed by atoms with E-state index in [1.54, 1.807) is 35.0 Å². The van der Waals surface area contributed by atoms with Crippen LogP contribution in [0.2, 0.25) is 0 Å². The van der Waals surface area contributed by atoms with Crippen LogP contribution in [0.4, 0.5) is 71.6 Å². The van der Waals surface area contributed by atoms with Gasteiger partial charge in [-0.2, -0.15) is 0 Å². The highest BCUT2D eigenvalue weighted by Crippen LogP contribution is 2.39. The van der Waals surface area contributed by atoms with Gasteiger partial charge in [-0.1, -0.05) is 157 Å². The minimum absolute atomic E-state index is 0.0258. The highest BCUT2D eigenvalue weighted by atomic mass is 19.4. The number of ether oxygens (including phenoxy) is 3. The van der Waals surface area contributed by atoms with Crippen LogP contribution in [-0.4, -0.2) is 108 Å². The highest BCUT2D eigenvalue weighted by Gasteiger charge is 2.38. The molecule has 0 spiro atoms. The fraction of sp³-hybridized carbons (Fsp3) is 0.234. The van der Waals surface area contributed by atoms with E-state index in [0.717, 1.165) is 46.2 Å². The van der Waals surface area contributed by atoms with E-state index in [2.05, 4.69) is 130 Å². The van der Waals surface area contributed by atoms with Gasteiger partial charge in [0.2, 0.25) is 23.6 Å². The lowest BCUT2D eigenvalue weighted by Gasteiger charge is -2.12. The molecule has 0 bridgehead atoms. The minimum Gasteiger partial charge on any atom is -0.406 e. The molecule has 16 rings (SSSR count). The number of hydrogen-bond donors (Lipinski definition) is 8. The van der Waals surface area contributed by atoms with Crippen LogP contribution in [0.25, 0.3) is 67.8 Å². The number of unbranched alkanes of at least 4 members (excludes halogenated alkanes) is 1. The van der Waals surface area contributed by atoms with E-state index in [-0.39, 0.29) is 82.4 Å². The summed E-state index contributed by atoms with van der Waals surface area (Å²) in [6.07, 6.45) is -10.4. The summed E-state index contributed by atoms with van der Waals surface area (Å²) in [5.41, 5.74) is 11.4. The zero-order chi connectivity index (χ0) is 91.3. The molecule has 8 N–H and O–H groups in total. The second-order valence-corrected chi connectivity index (χ2v) is 30.7. The lowest BCUT2D eigenvalue weighted by Crippen LogP contribution is -2.28. The van der Waals surface area contributed by atoms with Crippen molar-refractivity contribution in [2.75, 3.05) is 47.4 Å². The van der Waals surface area contributed by atoms with Crippen LogP contribution in [-0.2, 0) is 25.6 Å². The summed E-state index contributed by atoms with van der Waals surface area (Å²) >= 11 is 0. The van der Waals surface area contributed by atoms with Crippen LogP contribution in [0.1, 0.15) is 52.5 Å². The molecule has 0 aliphatic carbocycles. The number of benzene rings is 8. The van der Waals surface area contributed by atoms with Gasteiger partial charge in [0.1, 0.15) is 28.9 Å². The van der Waals surface area contributed by atoms with Crippen LogP contribution in [0.15, 0.2) is 280 Å². The maximum Gasteiger partial charge on any atom is 0.573 e. The number of halogens is 11. The lowest BCUT2D eigenvalue weighted by molar-refractivity contribution is -0.275. The summed E-state index contributed by atoms with van der Waals surface area (Å²) in [5, 5.41) is 41.7. The maximum absolute atomic E-state index is 13.9. The van der Waals surface area contributed by atoms with Crippen molar-refractivity contribution in [3.05, 3.63) is 297 Å². The fourth-order valence-electron chi connectivity index (χ4n) is 14.7. The van der Waals surface area contributed by atoms with Gasteiger partial charge in [0.25, 0.3) is 0 Å². The lowest BCUT2D eigenvalue weighted by atomic mass is 9.95. The number of alkyl halides is 9. The monoisotopic (exact) mass is 1760 g/mol. The Morgan fingerprint density at radius 2 is 0.719 bits per heavy atom. The maximum atomic E-state index is 13.9. The molecule has 23 nitrogen and oxygen atoms in total. The first-order chi connectivity index (χ1) is 61.1. The summed E-state index contributed by atoms with van der Waals surface area (Å²) < 4.78 is 160. The molecule has 0 unspecified atom stereocenters. The van der Waals surface area contributed by atoms with Crippen molar-refractivity contribution < 1.29 is 81.7 Å². The molecule has 8 aromatic carbocycles. The molecule has 4 aliphatic heterocycles. The Hall–Kier alpha value is -14.7. The molecule has 4 amide bonds. The second kappa shape index (κ2) is 39.6. The van der Waals surface area contributed by atoms with Gasteiger partial charge >= 0.3 is 19.1 Å². The van der Waals surface area contributed by atoms with E-state index in [1.165, 1.54) is 137 Å². The quantitative estimate of drug-likeness (QED) is 0.0293. The van der Waals surface area contributed by atoms with Crippen molar-refractivity contribution in [1.82, 2.24) is 60.4 Å². The Morgan fingerprint density at radius 3 is 1.05 bits per heavy atom. The minimum atomic E-state index is -4.85. The Balaban J connectivity index is 0.000000146. The van der Waals surface area contributed by atoms with Gasteiger partial charge in [0.15, 0.2) is 23.3 Å². The molecular formula is C94H89F11N16O7. The van der Waals surface area contributed by atoms with Crippen LogP contribution in [0, 0.1) is 53.1 Å². The molecule has 4 aliphatic rings. The smallest absolute Gasteiger partial charge is 0.406 e. The van der Waals surface area contributed by atoms with Crippen molar-refractivity contribution in [3.63, 3.8) is 0 Å². The average molecular weight is 1760 g/mol. The van der Waals surface area contributed by atoms with Gasteiger partial charge in [-0.05, 0) is 134 Å². The first-order valence-corrected chi connectivity index (χ1v) is 40.7. The predicted molar refractivity (Wildman–Crippen MR) is 464 cm³/mol. The van der Waals surface area contributed by atoms with E-state index in [0.29, 0.717) is 95.1 Å². The number of para-hydroxylation sites is 2. The summed E-state index contributed by atoms with van der Waals surface area (Å²) in [5.74, 6) is -2.96. The van der Waals surface area contributed by atoms with Gasteiger partial charge in [-0.3, -0.25) is 19.2 Å². The molecule has 12 aromatic rings. The Kier molecular flexibility index (Phi) is 28.2. The standard InChI is InChI=1S/C25H28N4O.2C23H20F4N4O2.C23H21F3N4O2/c1-3-4-9-19-10-8-11-20(15-19)23-16-24(27-25(30)21-14-18(2)26-17-21)28-29(23)22-12-6-5-7-13-22;1-13-14(2)28-12-19(13)22(32)29-21-11-20(31(30-21)17-7-4-6-16(24)10-17)15-5-3-8-18(9-15)33-23(25,26)27;1-13-14(2)28-12-19(13)22(32)29-21-11-20(31(30-21)17-8-6-16(24)7-9-17)15-4-3-5-18(10-15)33-23(25,26)27;1-14-15(2)27-13-19(14)22(31)28-21-12-20(30(29-21)17-8-4-3-5-9-17)16-7-6-10-18(11-16)32-23(24,25)26/h5-8,10-13,15-16,21,26H,2-4,9,14,17H2,1H3,(H,27,28,30);2*3-11,13,19,28H,2,12H2,1H3,(H,29,30,32);3-12,14,19,27H,2,13H2,1H3,(H,28,29,31)/t21-;2*13-,19-;14-,19-/m1000/s1. The van der Waals surface area contributed by atoms with Gasteiger partial charge < -0.3 is 56.7 Å². The number of hydrogen-bond acceptors (Lipinski definition) is 15. The van der Waals surface area contributed by atoms with Crippen LogP contribution < -0.4 is 56.7 Å². The first-order valence-electron chi connectivity index (χ1n) is 40.7. The van der Waals surface area contributed by atoms with E-state index in [4.69, 9.17) is 5.10 Å². The number of allylic oxidation sites excluding steroid dienone is 4. The molecule has 34 heteroatoms. The van der Waals surface area contributed by atoms with Crippen LogP contribution >= 0.6 is 0 Å². The molecule has 4 saturated heterocycles. The van der Waals surface area contributed by atoms with E-state index in [9.17, 15) is 67.5 Å². The number of anilines is 4. The molecule has 664 valence electrons. The molecule has 0 saturated carbocycles. The van der Waals surface area contributed by atoms with E-state index >= 15 is 0 Å². The number of aromatic nitrogens is 8. The van der Waals surface area contributed by atoms with Gasteiger partial charge in [-0.15, -0.1) is 59.9 Å². The molecule has 128 heavy (non-hydrogen) atoms. The topological polar surface area (TPSA) is 263 Å². The Morgan fingerprint density at radius 1 is 0.383 bits per heavy atom. The van der Waals surface area contributed by atoms with Gasteiger partial charge in [0, 0.05) is 113 Å². The zero-order valence-electron chi connectivity index (χ0n) is 69.6. The van der Waals surface area contributed by atoms with Crippen LogP contribution in [0.5, 0.6) is 17.2 Å². The number of carbonyl (C=O) groups is 4. The molecule has 7 atom stereocenters. The van der Waals surface area contributed by atoms with Crippen molar-refractivity contribution in [1.29, 1.82) is 0 Å². The predicted octanol–water partition coefficient (Wildman–Crippen LogP) is 19.5. The first kappa shape index (κ1) is 91.0. The SMILES string of the molecule is C=C1C[C@@H](C(=O)Nc2cc(-c3cccc(CCCC)c3)n(-c3ccccc3)n2)CN1.C=C1NC[C@H](C(=O)Nc2cc(-c3cccc(OC(F)(F)F)c3)n(-c3ccc(F)cc3)n2)[C@H]1C.C=C1NC[C@H](C(=O)Nc2cc(-c3cccc(OC(F)(F)F)c3)n(-c3cccc(F)c3)n2)[C@H]1C.C=C1NC[C@H](C(=O)Nc2cc(-c3cccc(OC(F)(F)F)c3)n(-c3ccccc3)n2)[C@H]1C. The van der Waals surface area contributed by atoms with Gasteiger partial charge in [0.05, 0.1) is 69.2 Å². The number of nitrogens with zero attached hydrogens (tertiary/aromatic N) is 8. The van der Waals surface area contributed by atoms with E-state index < -0.39 is 42.2 Å². The van der Waals surface area contributed by atoms with Crippen LogP contribution in [0.3, 0.4) is 0 Å². The van der Waals surface area contributed by atoms with Gasteiger partial charge in [-0.25, -0.2) is 27.5 Å². The van der Waals surface area contributed by atoms with Crippen molar-refractivity contribution in [3.8, 4) is 85.0 Å². The summed E-state index contributed by atoms with van der Waals surface area (Å²) in [6.45, 7) is 25.4. The number of aryl methyl sites for hydroxylation is 1. The third-order valence-corrected chi connectivity index (χ3v) is 21.7. The third-order valence-electron chi connectivity index (χ3n) is 21.7. The largest absolute Gasteiger partial charge is 0.573 e. The molecule has 4 fully saturated rings. The van der Waals surface area contributed by atoms with Crippen molar-refractivity contribution in [2.45, 2.75) is 72.5 Å². The average Bonchev–Trinajstić information content (AvgIpc) is 1.65. The molecule has 0 radical (unpaired) electrons. The second-order valence-electron chi connectivity index (χ2n) is 30.7. The summed E-state index contributed by atoms with van der Waals surface area (Å²) in [4.78, 5) is 51.0. The summed E-state index contributed by atoms with van der Waals surface area (Å²) in [7, 11) is 0. The fourth-order valence-corrected chi connectivity index (χ4v) is 14.7. The Labute approximate surface area is 728 Å². The van der Waals surface area contributed by atoms with Crippen molar-refractivity contribution >= 4 is 46.9 Å². The molecular weight excluding hydrogens is 1670 g/mol. The molecule has 4 aromatic heterocycles. The number of rotatable bonds is 22. The number of nitrogens with one attached hydrogen (secondary N) is 8.